The fraction of sp³-hybridized carbons (Fsp3) is 0. The van der Waals surface area contributed by atoms with Crippen LogP contribution in [0.25, 0.3) is 89.6 Å². The summed E-state index contributed by atoms with van der Waals surface area (Å²) in [6.07, 6.45) is 1.81. The van der Waals surface area contributed by atoms with E-state index in [1.807, 2.05) is 103 Å². The van der Waals surface area contributed by atoms with Crippen LogP contribution >= 0.6 is 0 Å². The quantitative estimate of drug-likeness (QED) is 0.177. The Hall–Kier alpha value is -7.23. The van der Waals surface area contributed by atoms with Crippen molar-refractivity contribution >= 4 is 22.1 Å². The molecule has 0 atom stereocenters. The van der Waals surface area contributed by atoms with Crippen molar-refractivity contribution in [2.45, 2.75) is 0 Å². The van der Waals surface area contributed by atoms with E-state index in [0.717, 1.165) is 61.0 Å². The third-order valence-electron chi connectivity index (χ3n) is 9.01. The highest BCUT2D eigenvalue weighted by Crippen LogP contribution is 2.38. The third-order valence-corrected chi connectivity index (χ3v) is 9.01. The topological polar surface area (TPSA) is 88.5 Å². The minimum atomic E-state index is 0.496. The van der Waals surface area contributed by atoms with E-state index in [2.05, 4.69) is 60.7 Å². The molecule has 0 saturated carbocycles. The van der Waals surface area contributed by atoms with Crippen molar-refractivity contribution in [2.24, 2.45) is 0 Å². The largest absolute Gasteiger partial charge is 0.454 e. The van der Waals surface area contributed by atoms with Gasteiger partial charge >= 0.3 is 0 Å². The van der Waals surface area contributed by atoms with Crippen LogP contribution in [0.15, 0.2) is 168 Å². The molecule has 6 heteroatoms. The van der Waals surface area contributed by atoms with E-state index in [-0.39, 0.29) is 0 Å². The second-order valence-electron chi connectivity index (χ2n) is 12.2. The molecule has 0 radical (unpaired) electrons. The first-order valence-electron chi connectivity index (χ1n) is 16.6. The second-order valence-corrected chi connectivity index (χ2v) is 12.2. The van der Waals surface area contributed by atoms with Gasteiger partial charge in [0.05, 0.1) is 17.0 Å². The molecule has 238 valence electrons. The number of benzene rings is 6. The minimum Gasteiger partial charge on any atom is -0.454 e. The SMILES string of the molecule is N#Cc1cccc(-c2ccc(-c3nc(-c4ccccc4)nc(-c4cnc5c(c4)oc4cccc(-c6cccc(-c7ccccc7)c6)c45)n3)cc2)c1. The van der Waals surface area contributed by atoms with E-state index < -0.39 is 0 Å². The first-order valence-corrected chi connectivity index (χ1v) is 16.6. The van der Waals surface area contributed by atoms with E-state index in [4.69, 9.17) is 24.4 Å². The normalized spacial score (nSPS) is 11.1. The predicted octanol–water partition coefficient (Wildman–Crippen LogP) is 11.0. The summed E-state index contributed by atoms with van der Waals surface area (Å²) in [5.74, 6) is 1.60. The van der Waals surface area contributed by atoms with Crippen molar-refractivity contribution in [3.05, 3.63) is 169 Å². The van der Waals surface area contributed by atoms with Crippen LogP contribution in [0.4, 0.5) is 0 Å². The van der Waals surface area contributed by atoms with Crippen molar-refractivity contribution in [3.63, 3.8) is 0 Å². The molecule has 6 aromatic carbocycles. The minimum absolute atomic E-state index is 0.496. The average Bonchev–Trinajstić information content (AvgIpc) is 3.60. The Bertz CT molecular complexity index is 2750. The van der Waals surface area contributed by atoms with Gasteiger partial charge in [0.2, 0.25) is 0 Å². The number of nitriles is 1. The first-order chi connectivity index (χ1) is 25.2. The Kier molecular flexibility index (Phi) is 7.42. The maximum atomic E-state index is 9.36. The molecule has 0 amide bonds. The van der Waals surface area contributed by atoms with Gasteiger partial charge in [0, 0.05) is 22.9 Å². The molecule has 0 aliphatic rings. The first kappa shape index (κ1) is 29.9. The second kappa shape index (κ2) is 12.7. The van der Waals surface area contributed by atoms with Gasteiger partial charge in [-0.3, -0.25) is 4.98 Å². The molecule has 0 aliphatic carbocycles. The summed E-state index contributed by atoms with van der Waals surface area (Å²) in [6, 6.07) is 54.7. The number of furan rings is 1. The number of rotatable bonds is 6. The molecule has 0 bridgehead atoms. The highest BCUT2D eigenvalue weighted by Gasteiger charge is 2.18. The summed E-state index contributed by atoms with van der Waals surface area (Å²) in [5, 5.41) is 10.3. The highest BCUT2D eigenvalue weighted by molar-refractivity contribution is 6.11. The van der Waals surface area contributed by atoms with Crippen LogP contribution in [-0.4, -0.2) is 19.9 Å². The lowest BCUT2D eigenvalue weighted by atomic mass is 9.97. The summed E-state index contributed by atoms with van der Waals surface area (Å²) in [7, 11) is 0. The molecule has 6 nitrogen and oxygen atoms in total. The number of hydrogen-bond acceptors (Lipinski definition) is 6. The van der Waals surface area contributed by atoms with E-state index >= 15 is 0 Å². The van der Waals surface area contributed by atoms with Crippen molar-refractivity contribution in [1.29, 1.82) is 5.26 Å². The van der Waals surface area contributed by atoms with Crippen LogP contribution < -0.4 is 0 Å². The van der Waals surface area contributed by atoms with E-state index in [1.54, 1.807) is 6.07 Å². The Balaban J connectivity index is 1.13. The van der Waals surface area contributed by atoms with E-state index in [1.165, 1.54) is 5.56 Å². The molecule has 0 fully saturated rings. The van der Waals surface area contributed by atoms with Crippen LogP contribution in [0.5, 0.6) is 0 Å². The Labute approximate surface area is 294 Å². The van der Waals surface area contributed by atoms with E-state index in [9.17, 15) is 5.26 Å². The molecular weight excluding hydrogens is 627 g/mol. The fourth-order valence-electron chi connectivity index (χ4n) is 6.48. The maximum Gasteiger partial charge on any atom is 0.165 e. The van der Waals surface area contributed by atoms with Crippen LogP contribution in [0.2, 0.25) is 0 Å². The predicted molar refractivity (Wildman–Crippen MR) is 202 cm³/mol. The zero-order chi connectivity index (χ0) is 34.1. The molecule has 9 aromatic rings. The molecule has 0 aliphatic heterocycles. The fourth-order valence-corrected chi connectivity index (χ4v) is 6.48. The number of fused-ring (bicyclic) bond motifs is 3. The lowest BCUT2D eigenvalue weighted by Gasteiger charge is -2.09. The molecule has 51 heavy (non-hydrogen) atoms. The monoisotopic (exact) mass is 653 g/mol. The third kappa shape index (κ3) is 5.69. The van der Waals surface area contributed by atoms with Gasteiger partial charge in [0.1, 0.15) is 11.1 Å². The summed E-state index contributed by atoms with van der Waals surface area (Å²) in [5.41, 5.74) is 11.7. The number of nitrogens with zero attached hydrogens (tertiary/aromatic N) is 5. The zero-order valence-corrected chi connectivity index (χ0v) is 27.2. The Morgan fingerprint density at radius 1 is 0.431 bits per heavy atom. The van der Waals surface area contributed by atoms with Gasteiger partial charge < -0.3 is 4.42 Å². The smallest absolute Gasteiger partial charge is 0.165 e. The lowest BCUT2D eigenvalue weighted by molar-refractivity contribution is 0.668. The van der Waals surface area contributed by atoms with Crippen molar-refractivity contribution in [3.8, 4) is 73.6 Å². The molecule has 9 rings (SSSR count). The standard InChI is InChI=1S/C45H27N5O/c46-27-29-10-7-15-34(24-29)31-20-22-33(23-21-31)44-48-43(32-13-5-2-6-14-32)49-45(50-44)37-26-40-42(47-28-37)41-38(18-9-19-39(41)51-40)36-17-8-16-35(25-36)30-11-3-1-4-12-30/h1-26,28H. The summed E-state index contributed by atoms with van der Waals surface area (Å²) in [4.78, 5) is 19.7. The maximum absolute atomic E-state index is 9.36. The molecule has 0 spiro atoms. The highest BCUT2D eigenvalue weighted by atomic mass is 16.3. The van der Waals surface area contributed by atoms with Gasteiger partial charge in [0.15, 0.2) is 23.1 Å². The number of hydrogen-bond donors (Lipinski definition) is 0. The molecule has 0 N–H and O–H groups in total. The molecular formula is C45H27N5O. The number of aromatic nitrogens is 4. The lowest BCUT2D eigenvalue weighted by Crippen LogP contribution is -2.00. The van der Waals surface area contributed by atoms with Gasteiger partial charge in [0.25, 0.3) is 0 Å². The average molecular weight is 654 g/mol. The van der Waals surface area contributed by atoms with Crippen LogP contribution in [0, 0.1) is 11.3 Å². The van der Waals surface area contributed by atoms with Gasteiger partial charge in [-0.05, 0) is 63.7 Å². The summed E-state index contributed by atoms with van der Waals surface area (Å²) >= 11 is 0. The summed E-state index contributed by atoms with van der Waals surface area (Å²) in [6.45, 7) is 0. The van der Waals surface area contributed by atoms with Crippen molar-refractivity contribution in [1.82, 2.24) is 19.9 Å². The van der Waals surface area contributed by atoms with E-state index in [0.29, 0.717) is 28.6 Å². The van der Waals surface area contributed by atoms with Crippen LogP contribution in [0.1, 0.15) is 5.56 Å². The Morgan fingerprint density at radius 3 is 1.71 bits per heavy atom. The molecule has 3 heterocycles. The van der Waals surface area contributed by atoms with Gasteiger partial charge in [-0.1, -0.05) is 127 Å². The number of pyridine rings is 1. The van der Waals surface area contributed by atoms with Crippen molar-refractivity contribution in [2.75, 3.05) is 0 Å². The summed E-state index contributed by atoms with van der Waals surface area (Å²) < 4.78 is 6.44. The molecule has 0 unspecified atom stereocenters. The zero-order valence-electron chi connectivity index (χ0n) is 27.2. The van der Waals surface area contributed by atoms with Gasteiger partial charge in [-0.15, -0.1) is 0 Å². The van der Waals surface area contributed by atoms with Gasteiger partial charge in [-0.25, -0.2) is 15.0 Å². The van der Waals surface area contributed by atoms with Crippen LogP contribution in [-0.2, 0) is 0 Å². The van der Waals surface area contributed by atoms with Gasteiger partial charge in [-0.2, -0.15) is 5.26 Å². The molecule has 3 aromatic heterocycles. The molecule has 0 saturated heterocycles. The van der Waals surface area contributed by atoms with Crippen molar-refractivity contribution < 1.29 is 4.42 Å². The Morgan fingerprint density at radius 2 is 0.980 bits per heavy atom. The van der Waals surface area contributed by atoms with Crippen LogP contribution in [0.3, 0.4) is 0 Å².